The van der Waals surface area contributed by atoms with Gasteiger partial charge in [0.2, 0.25) is 5.91 Å². The Bertz CT molecular complexity index is 772. The summed E-state index contributed by atoms with van der Waals surface area (Å²) < 4.78 is 5.32. The lowest BCUT2D eigenvalue weighted by molar-refractivity contribution is -0.121. The second kappa shape index (κ2) is 7.14. The highest BCUT2D eigenvalue weighted by atomic mass is 16.3. The molecule has 0 saturated heterocycles. The molecule has 0 saturated carbocycles. The molecule has 1 heterocycles. The molecule has 118 valence electrons. The van der Waals surface area contributed by atoms with Crippen LogP contribution in [-0.4, -0.2) is 11.9 Å². The number of furan rings is 1. The lowest BCUT2D eigenvalue weighted by Crippen LogP contribution is -2.34. The van der Waals surface area contributed by atoms with Crippen molar-refractivity contribution in [3.8, 4) is 0 Å². The summed E-state index contributed by atoms with van der Waals surface area (Å²) in [5, 5.41) is 5.39. The number of nitrogens with one attached hydrogen (secondary N) is 1. The highest BCUT2D eigenvalue weighted by Gasteiger charge is 2.10. The van der Waals surface area contributed by atoms with E-state index in [-0.39, 0.29) is 11.9 Å². The van der Waals surface area contributed by atoms with Crippen LogP contribution < -0.4 is 5.32 Å². The SMILES string of the molecule is CC(CCc1ccco1)NC(=O)Cc1cccc2ccccc12. The van der Waals surface area contributed by atoms with E-state index in [1.165, 1.54) is 5.39 Å². The van der Waals surface area contributed by atoms with Gasteiger partial charge in [0, 0.05) is 12.5 Å². The maximum Gasteiger partial charge on any atom is 0.224 e. The van der Waals surface area contributed by atoms with Gasteiger partial charge in [0.25, 0.3) is 0 Å². The molecule has 0 bridgehead atoms. The van der Waals surface area contributed by atoms with Gasteiger partial charge in [-0.05, 0) is 41.8 Å². The van der Waals surface area contributed by atoms with Crippen LogP contribution in [0.15, 0.2) is 65.3 Å². The third kappa shape index (κ3) is 4.01. The topological polar surface area (TPSA) is 42.2 Å². The van der Waals surface area contributed by atoms with E-state index in [4.69, 9.17) is 4.42 Å². The second-order valence-corrected chi connectivity index (χ2v) is 5.90. The van der Waals surface area contributed by atoms with Crippen molar-refractivity contribution in [2.45, 2.75) is 32.2 Å². The van der Waals surface area contributed by atoms with Gasteiger partial charge in [-0.25, -0.2) is 0 Å². The van der Waals surface area contributed by atoms with Gasteiger partial charge in [-0.2, -0.15) is 0 Å². The van der Waals surface area contributed by atoms with Gasteiger partial charge in [0.1, 0.15) is 5.76 Å². The molecule has 3 heteroatoms. The van der Waals surface area contributed by atoms with E-state index >= 15 is 0 Å². The maximum absolute atomic E-state index is 12.3. The van der Waals surface area contributed by atoms with Crippen molar-refractivity contribution < 1.29 is 9.21 Å². The van der Waals surface area contributed by atoms with Crippen molar-refractivity contribution in [2.75, 3.05) is 0 Å². The summed E-state index contributed by atoms with van der Waals surface area (Å²) in [7, 11) is 0. The molecule has 1 unspecified atom stereocenters. The summed E-state index contributed by atoms with van der Waals surface area (Å²) in [6.07, 6.45) is 3.79. The lowest BCUT2D eigenvalue weighted by atomic mass is 10.0. The number of benzene rings is 2. The number of carbonyl (C=O) groups excluding carboxylic acids is 1. The van der Waals surface area contributed by atoms with E-state index in [0.717, 1.165) is 29.6 Å². The molecule has 3 aromatic rings. The summed E-state index contributed by atoms with van der Waals surface area (Å²) in [5.41, 5.74) is 1.07. The number of fused-ring (bicyclic) bond motifs is 1. The Labute approximate surface area is 136 Å². The van der Waals surface area contributed by atoms with E-state index < -0.39 is 0 Å². The third-order valence-electron chi connectivity index (χ3n) is 4.04. The van der Waals surface area contributed by atoms with Crippen molar-refractivity contribution in [1.29, 1.82) is 0 Å². The lowest BCUT2D eigenvalue weighted by Gasteiger charge is -2.14. The molecule has 1 atom stereocenters. The summed E-state index contributed by atoms with van der Waals surface area (Å²) in [6.45, 7) is 2.03. The van der Waals surface area contributed by atoms with E-state index in [9.17, 15) is 4.79 Å². The fourth-order valence-corrected chi connectivity index (χ4v) is 2.83. The second-order valence-electron chi connectivity index (χ2n) is 5.90. The summed E-state index contributed by atoms with van der Waals surface area (Å²) in [4.78, 5) is 12.3. The Morgan fingerprint density at radius 2 is 1.91 bits per heavy atom. The zero-order valence-electron chi connectivity index (χ0n) is 13.3. The van der Waals surface area contributed by atoms with Crippen molar-refractivity contribution in [1.82, 2.24) is 5.32 Å². The van der Waals surface area contributed by atoms with Gasteiger partial charge in [-0.15, -0.1) is 0 Å². The zero-order chi connectivity index (χ0) is 16.1. The van der Waals surface area contributed by atoms with Gasteiger partial charge < -0.3 is 9.73 Å². The Hall–Kier alpha value is -2.55. The van der Waals surface area contributed by atoms with Crippen molar-refractivity contribution >= 4 is 16.7 Å². The van der Waals surface area contributed by atoms with Crippen LogP contribution in [0.3, 0.4) is 0 Å². The smallest absolute Gasteiger partial charge is 0.224 e. The molecule has 3 rings (SSSR count). The van der Waals surface area contributed by atoms with Gasteiger partial charge in [-0.1, -0.05) is 42.5 Å². The summed E-state index contributed by atoms with van der Waals surface area (Å²) in [5.74, 6) is 1.02. The monoisotopic (exact) mass is 307 g/mol. The minimum absolute atomic E-state index is 0.0632. The first kappa shape index (κ1) is 15.3. The minimum Gasteiger partial charge on any atom is -0.469 e. The molecule has 2 aromatic carbocycles. The number of rotatable bonds is 6. The average molecular weight is 307 g/mol. The van der Waals surface area contributed by atoms with Crippen LogP contribution in [0, 0.1) is 0 Å². The maximum atomic E-state index is 12.3. The van der Waals surface area contributed by atoms with Crippen LogP contribution in [0.2, 0.25) is 0 Å². The van der Waals surface area contributed by atoms with Crippen LogP contribution in [0.25, 0.3) is 10.8 Å². The fourth-order valence-electron chi connectivity index (χ4n) is 2.83. The molecule has 0 fully saturated rings. The normalized spacial score (nSPS) is 12.2. The highest BCUT2D eigenvalue weighted by Crippen LogP contribution is 2.19. The van der Waals surface area contributed by atoms with Crippen LogP contribution in [0.4, 0.5) is 0 Å². The molecule has 1 amide bonds. The third-order valence-corrected chi connectivity index (χ3v) is 4.04. The standard InChI is InChI=1S/C20H21NO2/c1-15(11-12-18-9-5-13-23-18)21-20(22)14-17-8-4-7-16-6-2-3-10-19(16)17/h2-10,13,15H,11-12,14H2,1H3,(H,21,22). The fraction of sp³-hybridized carbons (Fsp3) is 0.250. The first-order chi connectivity index (χ1) is 11.2. The molecule has 0 aliphatic heterocycles. The first-order valence-electron chi connectivity index (χ1n) is 8.01. The Morgan fingerprint density at radius 1 is 1.09 bits per heavy atom. The summed E-state index contributed by atoms with van der Waals surface area (Å²) in [6, 6.07) is 18.2. The Morgan fingerprint density at radius 3 is 2.74 bits per heavy atom. The molecule has 23 heavy (non-hydrogen) atoms. The number of aryl methyl sites for hydroxylation is 1. The molecule has 0 spiro atoms. The van der Waals surface area contributed by atoms with Gasteiger partial charge in [0.15, 0.2) is 0 Å². The Balaban J connectivity index is 1.58. The van der Waals surface area contributed by atoms with Crippen molar-refractivity contribution in [2.24, 2.45) is 0 Å². The molecule has 0 aliphatic rings. The average Bonchev–Trinajstić information content (AvgIpc) is 3.07. The number of hydrogen-bond donors (Lipinski definition) is 1. The Kier molecular flexibility index (Phi) is 4.77. The largest absolute Gasteiger partial charge is 0.469 e. The van der Waals surface area contributed by atoms with Gasteiger partial charge in [-0.3, -0.25) is 4.79 Å². The zero-order valence-corrected chi connectivity index (χ0v) is 13.3. The molecule has 1 N–H and O–H groups in total. The van der Waals surface area contributed by atoms with E-state index in [2.05, 4.69) is 23.5 Å². The number of carbonyl (C=O) groups is 1. The van der Waals surface area contributed by atoms with Crippen LogP contribution >= 0.6 is 0 Å². The van der Waals surface area contributed by atoms with Crippen LogP contribution in [-0.2, 0) is 17.6 Å². The van der Waals surface area contributed by atoms with E-state index in [1.54, 1.807) is 6.26 Å². The van der Waals surface area contributed by atoms with Crippen molar-refractivity contribution in [3.63, 3.8) is 0 Å². The van der Waals surface area contributed by atoms with Gasteiger partial charge >= 0.3 is 0 Å². The highest BCUT2D eigenvalue weighted by molar-refractivity contribution is 5.90. The molecule has 0 radical (unpaired) electrons. The minimum atomic E-state index is 0.0632. The quantitative estimate of drug-likeness (QED) is 0.744. The van der Waals surface area contributed by atoms with Crippen LogP contribution in [0.1, 0.15) is 24.7 Å². The predicted octanol–water partition coefficient (Wildman–Crippen LogP) is 4.11. The number of hydrogen-bond acceptors (Lipinski definition) is 2. The number of amides is 1. The predicted molar refractivity (Wildman–Crippen MR) is 92.3 cm³/mol. The molecular formula is C20H21NO2. The van der Waals surface area contributed by atoms with Crippen molar-refractivity contribution in [3.05, 3.63) is 72.2 Å². The molecule has 0 aliphatic carbocycles. The molecular weight excluding hydrogens is 286 g/mol. The first-order valence-corrected chi connectivity index (χ1v) is 8.01. The molecule has 1 aromatic heterocycles. The van der Waals surface area contributed by atoms with E-state index in [0.29, 0.717) is 6.42 Å². The van der Waals surface area contributed by atoms with Gasteiger partial charge in [0.05, 0.1) is 12.7 Å². The van der Waals surface area contributed by atoms with E-state index in [1.807, 2.05) is 43.3 Å². The molecule has 3 nitrogen and oxygen atoms in total. The van der Waals surface area contributed by atoms with Crippen LogP contribution in [0.5, 0.6) is 0 Å². The summed E-state index contributed by atoms with van der Waals surface area (Å²) >= 11 is 0.